The molecule has 1 saturated heterocycles. The smallest absolute Gasteiger partial charge is 0.324 e. The van der Waals surface area contributed by atoms with Gasteiger partial charge in [0.1, 0.15) is 0 Å². The molecule has 4 rings (SSSR count). The van der Waals surface area contributed by atoms with E-state index < -0.39 is 0 Å². The molecule has 1 aromatic carbocycles. The van der Waals surface area contributed by atoms with E-state index in [4.69, 9.17) is 23.2 Å². The predicted octanol–water partition coefficient (Wildman–Crippen LogP) is 4.20. The summed E-state index contributed by atoms with van der Waals surface area (Å²) in [4.78, 5) is 21.0. The van der Waals surface area contributed by atoms with Crippen molar-refractivity contribution in [3.63, 3.8) is 0 Å². The molecule has 1 aliphatic rings. The standard InChI is InChI=1S/C15H14Cl2N6OS2/c1-8-7-22(13-12(17)20-26-21-13)4-5-23(8)15(24)19-14-18-10-3-2-9(16)6-11(10)25-14/h2-3,6,8H,4-5,7H2,1H3,(H,18,19,24)/t8-/m1/s1. The number of benzene rings is 1. The van der Waals surface area contributed by atoms with Gasteiger partial charge in [-0.25, -0.2) is 9.78 Å². The van der Waals surface area contributed by atoms with E-state index in [1.165, 1.54) is 11.3 Å². The molecule has 1 aliphatic heterocycles. The largest absolute Gasteiger partial charge is 0.349 e. The number of fused-ring (bicyclic) bond motifs is 1. The molecule has 26 heavy (non-hydrogen) atoms. The third kappa shape index (κ3) is 3.44. The van der Waals surface area contributed by atoms with Gasteiger partial charge in [0.05, 0.1) is 21.9 Å². The van der Waals surface area contributed by atoms with Crippen LogP contribution in [0.5, 0.6) is 0 Å². The van der Waals surface area contributed by atoms with Crippen molar-refractivity contribution in [2.24, 2.45) is 0 Å². The maximum Gasteiger partial charge on any atom is 0.324 e. The van der Waals surface area contributed by atoms with Crippen molar-refractivity contribution in [2.75, 3.05) is 29.9 Å². The fourth-order valence-electron chi connectivity index (χ4n) is 2.93. The maximum absolute atomic E-state index is 12.7. The molecular weight excluding hydrogens is 415 g/mol. The van der Waals surface area contributed by atoms with E-state index in [1.807, 2.05) is 19.1 Å². The Morgan fingerprint density at radius 3 is 2.88 bits per heavy atom. The van der Waals surface area contributed by atoms with Crippen LogP contribution in [-0.4, -0.2) is 50.3 Å². The van der Waals surface area contributed by atoms with Crippen LogP contribution >= 0.6 is 46.3 Å². The number of carbonyl (C=O) groups excluding carboxylic acids is 1. The summed E-state index contributed by atoms with van der Waals surface area (Å²) in [6, 6.07) is 5.32. The van der Waals surface area contributed by atoms with Gasteiger partial charge in [-0.3, -0.25) is 5.32 Å². The van der Waals surface area contributed by atoms with Crippen molar-refractivity contribution in [3.05, 3.63) is 28.4 Å². The minimum Gasteiger partial charge on any atom is -0.349 e. The van der Waals surface area contributed by atoms with Crippen LogP contribution in [0.3, 0.4) is 0 Å². The lowest BCUT2D eigenvalue weighted by atomic mass is 10.2. The van der Waals surface area contributed by atoms with Gasteiger partial charge in [0.25, 0.3) is 0 Å². The Balaban J connectivity index is 1.44. The summed E-state index contributed by atoms with van der Waals surface area (Å²) >= 11 is 14.6. The van der Waals surface area contributed by atoms with E-state index >= 15 is 0 Å². The monoisotopic (exact) mass is 428 g/mol. The first-order chi connectivity index (χ1) is 12.5. The number of nitrogens with one attached hydrogen (secondary N) is 1. The first-order valence-electron chi connectivity index (χ1n) is 7.88. The Bertz CT molecular complexity index is 961. The van der Waals surface area contributed by atoms with E-state index in [0.29, 0.717) is 40.8 Å². The molecule has 11 heteroatoms. The Morgan fingerprint density at radius 1 is 1.31 bits per heavy atom. The van der Waals surface area contributed by atoms with Crippen LogP contribution < -0.4 is 10.2 Å². The molecule has 0 saturated carbocycles. The van der Waals surface area contributed by atoms with Gasteiger partial charge < -0.3 is 9.80 Å². The molecule has 7 nitrogen and oxygen atoms in total. The summed E-state index contributed by atoms with van der Waals surface area (Å²) in [5.74, 6) is 0.687. The minimum atomic E-state index is -0.162. The molecule has 3 heterocycles. The Kier molecular flexibility index (Phi) is 4.87. The average molecular weight is 429 g/mol. The normalized spacial score (nSPS) is 17.7. The molecule has 0 unspecified atom stereocenters. The fraction of sp³-hybridized carbons (Fsp3) is 0.333. The van der Waals surface area contributed by atoms with Crippen molar-refractivity contribution in [1.82, 2.24) is 18.6 Å². The van der Waals surface area contributed by atoms with E-state index in [0.717, 1.165) is 21.9 Å². The number of urea groups is 1. The topological polar surface area (TPSA) is 74.2 Å². The number of nitrogens with zero attached hydrogens (tertiary/aromatic N) is 5. The summed E-state index contributed by atoms with van der Waals surface area (Å²) in [5, 5.41) is 4.52. The lowest BCUT2D eigenvalue weighted by Crippen LogP contribution is -2.55. The fourth-order valence-corrected chi connectivity index (χ4v) is 4.84. The molecular formula is C15H14Cl2N6OS2. The van der Waals surface area contributed by atoms with Crippen molar-refractivity contribution < 1.29 is 4.79 Å². The predicted molar refractivity (Wildman–Crippen MR) is 107 cm³/mol. The van der Waals surface area contributed by atoms with E-state index in [-0.39, 0.29) is 12.1 Å². The molecule has 136 valence electrons. The van der Waals surface area contributed by atoms with Crippen LogP contribution in [0.4, 0.5) is 15.7 Å². The van der Waals surface area contributed by atoms with Gasteiger partial charge in [-0.2, -0.15) is 8.75 Å². The lowest BCUT2D eigenvalue weighted by molar-refractivity contribution is 0.184. The highest BCUT2D eigenvalue weighted by molar-refractivity contribution is 7.22. The second-order valence-corrected chi connectivity index (χ2v) is 8.28. The molecule has 2 amide bonds. The summed E-state index contributed by atoms with van der Waals surface area (Å²) in [6.45, 7) is 3.86. The summed E-state index contributed by atoms with van der Waals surface area (Å²) in [7, 11) is 0. The van der Waals surface area contributed by atoms with Gasteiger partial charge in [-0.05, 0) is 25.1 Å². The summed E-state index contributed by atoms with van der Waals surface area (Å²) < 4.78 is 9.17. The number of amides is 2. The number of aromatic nitrogens is 3. The van der Waals surface area contributed by atoms with Crippen molar-refractivity contribution >= 4 is 73.5 Å². The molecule has 1 N–H and O–H groups in total. The van der Waals surface area contributed by atoms with Crippen molar-refractivity contribution in [1.29, 1.82) is 0 Å². The van der Waals surface area contributed by atoms with Crippen molar-refractivity contribution in [2.45, 2.75) is 13.0 Å². The third-order valence-corrected chi connectivity index (χ3v) is 6.23. The molecule has 3 aromatic rings. The number of carbonyl (C=O) groups is 1. The molecule has 0 bridgehead atoms. The van der Waals surface area contributed by atoms with Gasteiger partial charge in [0, 0.05) is 30.7 Å². The summed E-state index contributed by atoms with van der Waals surface area (Å²) in [6.07, 6.45) is 0. The van der Waals surface area contributed by atoms with E-state index in [9.17, 15) is 4.79 Å². The Morgan fingerprint density at radius 2 is 2.15 bits per heavy atom. The number of piperazine rings is 1. The molecule has 0 aliphatic carbocycles. The second kappa shape index (κ2) is 7.15. The third-order valence-electron chi connectivity index (χ3n) is 4.19. The van der Waals surface area contributed by atoms with Crippen LogP contribution in [0.2, 0.25) is 10.2 Å². The first kappa shape index (κ1) is 17.7. The van der Waals surface area contributed by atoms with Crippen molar-refractivity contribution in [3.8, 4) is 0 Å². The number of halogens is 2. The lowest BCUT2D eigenvalue weighted by Gasteiger charge is -2.39. The van der Waals surface area contributed by atoms with Crippen LogP contribution in [0.25, 0.3) is 10.2 Å². The SMILES string of the molecule is C[C@@H]1CN(c2nsnc2Cl)CCN1C(=O)Nc1nc2ccc(Cl)cc2s1. The number of anilines is 2. The van der Waals surface area contributed by atoms with Crippen LogP contribution in [0.1, 0.15) is 6.92 Å². The zero-order valence-corrected chi connectivity index (χ0v) is 16.8. The quantitative estimate of drug-likeness (QED) is 0.661. The minimum absolute atomic E-state index is 0.00494. The van der Waals surface area contributed by atoms with Gasteiger partial charge in [-0.15, -0.1) is 0 Å². The van der Waals surface area contributed by atoms with Crippen LogP contribution in [0, 0.1) is 0 Å². The van der Waals surface area contributed by atoms with Gasteiger partial charge in [0.2, 0.25) is 0 Å². The highest BCUT2D eigenvalue weighted by atomic mass is 35.5. The number of hydrogen-bond acceptors (Lipinski definition) is 7. The molecule has 0 spiro atoms. The van der Waals surface area contributed by atoms with E-state index in [1.54, 1.807) is 11.0 Å². The molecule has 1 fully saturated rings. The molecule has 1 atom stereocenters. The molecule has 2 aromatic heterocycles. The zero-order valence-electron chi connectivity index (χ0n) is 13.6. The molecule has 0 radical (unpaired) electrons. The average Bonchev–Trinajstić information content (AvgIpc) is 3.19. The van der Waals surface area contributed by atoms with Gasteiger partial charge in [-0.1, -0.05) is 34.5 Å². The highest BCUT2D eigenvalue weighted by Gasteiger charge is 2.30. The maximum atomic E-state index is 12.7. The van der Waals surface area contributed by atoms with Crippen LogP contribution in [-0.2, 0) is 0 Å². The van der Waals surface area contributed by atoms with Gasteiger partial charge >= 0.3 is 6.03 Å². The second-order valence-electron chi connectivity index (χ2n) is 5.93. The van der Waals surface area contributed by atoms with E-state index in [2.05, 4.69) is 23.9 Å². The zero-order chi connectivity index (χ0) is 18.3. The van der Waals surface area contributed by atoms with Crippen LogP contribution in [0.15, 0.2) is 18.2 Å². The first-order valence-corrected chi connectivity index (χ1v) is 10.2. The summed E-state index contributed by atoms with van der Waals surface area (Å²) in [5.41, 5.74) is 0.818. The highest BCUT2D eigenvalue weighted by Crippen LogP contribution is 2.29. The van der Waals surface area contributed by atoms with Gasteiger partial charge in [0.15, 0.2) is 16.1 Å². The number of hydrogen-bond donors (Lipinski definition) is 1. The Labute approximate surface area is 167 Å². The number of thiazole rings is 1. The Hall–Kier alpha value is -1.68. The number of rotatable bonds is 2.